The van der Waals surface area contributed by atoms with Gasteiger partial charge in [-0.2, -0.15) is 0 Å². The van der Waals surface area contributed by atoms with Crippen LogP contribution in [0.2, 0.25) is 0 Å². The van der Waals surface area contributed by atoms with E-state index in [9.17, 15) is 4.79 Å². The molecule has 0 saturated heterocycles. The van der Waals surface area contributed by atoms with Gasteiger partial charge in [0.25, 0.3) is 0 Å². The van der Waals surface area contributed by atoms with Gasteiger partial charge in [-0.05, 0) is 46.0 Å². The van der Waals surface area contributed by atoms with E-state index in [0.717, 1.165) is 12.8 Å². The molecule has 3 nitrogen and oxygen atoms in total. The summed E-state index contributed by atoms with van der Waals surface area (Å²) in [6.07, 6.45) is 28.6. The molecular formula is C28H55NO2S. The first-order chi connectivity index (χ1) is 15.5. The summed E-state index contributed by atoms with van der Waals surface area (Å²) in [5.41, 5.74) is 0. The molecule has 0 aromatic rings. The second-order valence-corrected chi connectivity index (χ2v) is 10.4. The van der Waals surface area contributed by atoms with Crippen LogP contribution >= 0.6 is 12.6 Å². The molecule has 1 amide bonds. The van der Waals surface area contributed by atoms with E-state index in [1.165, 1.54) is 103 Å². The van der Waals surface area contributed by atoms with Crippen molar-refractivity contribution >= 4 is 18.5 Å². The molecule has 0 fully saturated rings. The number of unbranched alkanes of at least 4 members (excludes halogenated alkanes) is 15. The average Bonchev–Trinajstić information content (AvgIpc) is 2.75. The van der Waals surface area contributed by atoms with Gasteiger partial charge in [0, 0.05) is 26.0 Å². The molecule has 0 aliphatic rings. The molecule has 0 radical (unpaired) electrons. The van der Waals surface area contributed by atoms with E-state index < -0.39 is 4.93 Å². The minimum absolute atomic E-state index is 0.159. The van der Waals surface area contributed by atoms with Crippen LogP contribution < -0.4 is 5.32 Å². The molecule has 0 aliphatic heterocycles. The van der Waals surface area contributed by atoms with E-state index in [0.29, 0.717) is 19.6 Å². The summed E-state index contributed by atoms with van der Waals surface area (Å²) in [6, 6.07) is 0. The van der Waals surface area contributed by atoms with Crippen molar-refractivity contribution in [1.82, 2.24) is 5.32 Å². The maximum absolute atomic E-state index is 11.9. The maximum Gasteiger partial charge on any atom is 0.219 e. The third-order valence-electron chi connectivity index (χ3n) is 6.03. The van der Waals surface area contributed by atoms with Gasteiger partial charge >= 0.3 is 0 Å². The third-order valence-corrected chi connectivity index (χ3v) is 6.38. The van der Waals surface area contributed by atoms with Gasteiger partial charge in [-0.3, -0.25) is 4.79 Å². The number of allylic oxidation sites excluding steroid dienone is 2. The number of hydrogen-bond donors (Lipinski definition) is 2. The van der Waals surface area contributed by atoms with Crippen molar-refractivity contribution in [3.63, 3.8) is 0 Å². The summed E-state index contributed by atoms with van der Waals surface area (Å²) in [5.74, 6) is 0.159. The number of carbonyl (C=O) groups is 1. The monoisotopic (exact) mass is 469 g/mol. The van der Waals surface area contributed by atoms with Crippen LogP contribution in [-0.4, -0.2) is 24.0 Å². The summed E-state index contributed by atoms with van der Waals surface area (Å²) in [4.78, 5) is 11.4. The molecule has 1 unspecified atom stereocenters. The smallest absolute Gasteiger partial charge is 0.219 e. The quantitative estimate of drug-likeness (QED) is 0.0641. The van der Waals surface area contributed by atoms with Gasteiger partial charge in [0.2, 0.25) is 5.91 Å². The number of carbonyl (C=O) groups excluding carboxylic acids is 1. The fourth-order valence-electron chi connectivity index (χ4n) is 3.97. The lowest BCUT2D eigenvalue weighted by Gasteiger charge is -2.23. The van der Waals surface area contributed by atoms with Gasteiger partial charge < -0.3 is 10.1 Å². The predicted octanol–water partition coefficient (Wildman–Crippen LogP) is 8.77. The Morgan fingerprint density at radius 2 is 1.25 bits per heavy atom. The first-order valence-corrected chi connectivity index (χ1v) is 14.2. The van der Waals surface area contributed by atoms with E-state index in [-0.39, 0.29) is 5.91 Å². The Bertz CT molecular complexity index is 437. The Kier molecular flexibility index (Phi) is 23.3. The second-order valence-electron chi connectivity index (χ2n) is 9.46. The molecular weight excluding hydrogens is 414 g/mol. The lowest BCUT2D eigenvalue weighted by atomic mass is 10.1. The van der Waals surface area contributed by atoms with Gasteiger partial charge in [-0.25, -0.2) is 0 Å². The highest BCUT2D eigenvalue weighted by atomic mass is 32.1. The van der Waals surface area contributed by atoms with Gasteiger partial charge in [-0.15, -0.1) is 12.6 Å². The van der Waals surface area contributed by atoms with Crippen LogP contribution in [0.25, 0.3) is 0 Å². The lowest BCUT2D eigenvalue weighted by molar-refractivity contribution is -0.121. The number of hydrogen-bond acceptors (Lipinski definition) is 3. The molecule has 0 bridgehead atoms. The van der Waals surface area contributed by atoms with Crippen LogP contribution in [0.3, 0.4) is 0 Å². The molecule has 0 aromatic heterocycles. The van der Waals surface area contributed by atoms with E-state index in [1.807, 2.05) is 13.8 Å². The topological polar surface area (TPSA) is 38.3 Å². The second kappa shape index (κ2) is 23.7. The Balaban J connectivity index is 3.27. The van der Waals surface area contributed by atoms with Crippen LogP contribution in [0.4, 0.5) is 0 Å². The van der Waals surface area contributed by atoms with Crippen molar-refractivity contribution in [2.45, 2.75) is 148 Å². The standard InChI is InChI=1S/C28H55NO2S/c1-4-6-7-8-9-10-11-12-13-14-15-16-17-18-19-20-21-22-23-24-27(30)29-26-25-28(3,32)31-5-2/h12-13,32H,4-11,14-26H2,1-3H3,(H,29,30)/b13-12-. The number of ether oxygens (including phenoxy) is 1. The summed E-state index contributed by atoms with van der Waals surface area (Å²) in [6.45, 7) is 7.46. The van der Waals surface area contributed by atoms with Crippen LogP contribution in [0.1, 0.15) is 143 Å². The van der Waals surface area contributed by atoms with Crippen LogP contribution in [0.15, 0.2) is 12.2 Å². The minimum Gasteiger partial charge on any atom is -0.365 e. The van der Waals surface area contributed by atoms with Gasteiger partial charge in [0.1, 0.15) is 4.93 Å². The Hall–Kier alpha value is -0.480. The maximum atomic E-state index is 11.9. The zero-order chi connectivity index (χ0) is 23.8. The van der Waals surface area contributed by atoms with Crippen LogP contribution in [0, 0.1) is 0 Å². The molecule has 0 rings (SSSR count). The van der Waals surface area contributed by atoms with Crippen molar-refractivity contribution in [1.29, 1.82) is 0 Å². The number of amides is 1. The van der Waals surface area contributed by atoms with E-state index in [4.69, 9.17) is 4.74 Å². The summed E-state index contributed by atoms with van der Waals surface area (Å²) in [5, 5.41) is 2.98. The minimum atomic E-state index is -0.452. The molecule has 0 spiro atoms. The lowest BCUT2D eigenvalue weighted by Crippen LogP contribution is -2.31. The van der Waals surface area contributed by atoms with Crippen molar-refractivity contribution in [3.05, 3.63) is 12.2 Å². The van der Waals surface area contributed by atoms with Gasteiger partial charge in [0.05, 0.1) is 0 Å². The summed E-state index contributed by atoms with van der Waals surface area (Å²) < 4.78 is 5.52. The number of thiol groups is 1. The summed E-state index contributed by atoms with van der Waals surface area (Å²) >= 11 is 4.47. The highest BCUT2D eigenvalue weighted by Gasteiger charge is 2.18. The Morgan fingerprint density at radius 3 is 1.75 bits per heavy atom. The molecule has 0 heterocycles. The zero-order valence-corrected chi connectivity index (χ0v) is 22.7. The van der Waals surface area contributed by atoms with Crippen molar-refractivity contribution in [2.24, 2.45) is 0 Å². The molecule has 190 valence electrons. The SMILES string of the molecule is CCCCCCCC/C=C\CCCCCCCCCCCC(=O)NCCC(C)(S)OCC. The highest BCUT2D eigenvalue weighted by Crippen LogP contribution is 2.19. The number of rotatable bonds is 24. The van der Waals surface area contributed by atoms with Crippen molar-refractivity contribution in [3.8, 4) is 0 Å². The van der Waals surface area contributed by atoms with E-state index in [1.54, 1.807) is 0 Å². The zero-order valence-electron chi connectivity index (χ0n) is 21.8. The first-order valence-electron chi connectivity index (χ1n) is 13.8. The highest BCUT2D eigenvalue weighted by molar-refractivity contribution is 7.81. The largest absolute Gasteiger partial charge is 0.365 e. The molecule has 4 heteroatoms. The fourth-order valence-corrected chi connectivity index (χ4v) is 4.21. The van der Waals surface area contributed by atoms with Gasteiger partial charge in [0.15, 0.2) is 0 Å². The first kappa shape index (κ1) is 31.5. The normalized spacial score (nSPS) is 13.5. The van der Waals surface area contributed by atoms with Crippen molar-refractivity contribution in [2.75, 3.05) is 13.2 Å². The van der Waals surface area contributed by atoms with E-state index >= 15 is 0 Å². The molecule has 0 aliphatic carbocycles. The molecule has 32 heavy (non-hydrogen) atoms. The Morgan fingerprint density at radius 1 is 0.781 bits per heavy atom. The molecule has 0 aromatic carbocycles. The third kappa shape index (κ3) is 24.2. The summed E-state index contributed by atoms with van der Waals surface area (Å²) in [7, 11) is 0. The van der Waals surface area contributed by atoms with E-state index in [2.05, 4.69) is 37.0 Å². The fraction of sp³-hybridized carbons (Fsp3) is 0.893. The average molecular weight is 470 g/mol. The van der Waals surface area contributed by atoms with Crippen molar-refractivity contribution < 1.29 is 9.53 Å². The Labute approximate surface area is 206 Å². The van der Waals surface area contributed by atoms with Crippen LogP contribution in [0.5, 0.6) is 0 Å². The number of nitrogens with one attached hydrogen (secondary N) is 1. The molecule has 1 atom stereocenters. The molecule has 0 saturated carbocycles. The predicted molar refractivity (Wildman–Crippen MR) is 145 cm³/mol. The van der Waals surface area contributed by atoms with Crippen LogP contribution in [-0.2, 0) is 9.53 Å². The van der Waals surface area contributed by atoms with Gasteiger partial charge in [-0.1, -0.05) is 96.1 Å². The molecule has 1 N–H and O–H groups in total.